The minimum absolute atomic E-state index is 0.0106. The number of hydrogen-bond donors (Lipinski definition) is 0. The summed E-state index contributed by atoms with van der Waals surface area (Å²) in [5, 5.41) is 5.23. The van der Waals surface area contributed by atoms with Crippen molar-refractivity contribution in [3.05, 3.63) is 64.1 Å². The first-order valence-corrected chi connectivity index (χ1v) is 9.47. The van der Waals surface area contributed by atoms with Gasteiger partial charge in [0.05, 0.1) is 19.6 Å². The molecule has 0 bridgehead atoms. The Kier molecular flexibility index (Phi) is 6.49. The van der Waals surface area contributed by atoms with Crippen molar-refractivity contribution in [2.75, 3.05) is 14.2 Å². The molecule has 0 aliphatic carbocycles. The van der Waals surface area contributed by atoms with Crippen molar-refractivity contribution in [1.82, 2.24) is 9.78 Å². The number of carbonyl (C=O) groups excluding carboxylic acids is 1. The van der Waals surface area contributed by atoms with Crippen LogP contribution >= 0.6 is 0 Å². The second-order valence-corrected chi connectivity index (χ2v) is 6.53. The summed E-state index contributed by atoms with van der Waals surface area (Å²) in [6.07, 6.45) is 1.71. The fourth-order valence-corrected chi connectivity index (χ4v) is 3.05. The van der Waals surface area contributed by atoms with Gasteiger partial charge in [-0.2, -0.15) is 5.10 Å². The van der Waals surface area contributed by atoms with E-state index >= 15 is 0 Å². The van der Waals surface area contributed by atoms with Gasteiger partial charge in [0, 0.05) is 17.5 Å². The summed E-state index contributed by atoms with van der Waals surface area (Å²) in [6.45, 7) is 2.47. The summed E-state index contributed by atoms with van der Waals surface area (Å²) in [4.78, 5) is 25.5. The molecule has 3 aromatic rings. The first kappa shape index (κ1) is 20.4. The van der Waals surface area contributed by atoms with Crippen molar-refractivity contribution >= 4 is 16.7 Å². The van der Waals surface area contributed by atoms with E-state index in [1.165, 1.54) is 4.68 Å². The normalized spacial score (nSPS) is 10.7. The Hall–Kier alpha value is -3.35. The zero-order valence-electron chi connectivity index (χ0n) is 16.8. The van der Waals surface area contributed by atoms with Crippen LogP contribution in [0.15, 0.2) is 47.3 Å². The Morgan fingerprint density at radius 3 is 2.52 bits per heavy atom. The lowest BCUT2D eigenvalue weighted by Crippen LogP contribution is -2.26. The van der Waals surface area contributed by atoms with Crippen molar-refractivity contribution in [1.29, 1.82) is 0 Å². The van der Waals surface area contributed by atoms with Gasteiger partial charge in [-0.15, -0.1) is 0 Å². The van der Waals surface area contributed by atoms with Crippen molar-refractivity contribution in [3.63, 3.8) is 0 Å². The predicted octanol–water partition coefficient (Wildman–Crippen LogP) is 3.57. The summed E-state index contributed by atoms with van der Waals surface area (Å²) in [5.74, 6) is 0.620. The van der Waals surface area contributed by atoms with Gasteiger partial charge < -0.3 is 14.2 Å². The number of unbranched alkanes of at least 4 members (excludes halogenated alkanes) is 1. The maximum atomic E-state index is 12.9. The van der Waals surface area contributed by atoms with Crippen LogP contribution in [0, 0.1) is 0 Å². The Morgan fingerprint density at radius 1 is 1.07 bits per heavy atom. The van der Waals surface area contributed by atoms with Crippen LogP contribution in [0.4, 0.5) is 0 Å². The van der Waals surface area contributed by atoms with Gasteiger partial charge in [-0.25, -0.2) is 9.48 Å². The lowest BCUT2D eigenvalue weighted by Gasteiger charge is -2.13. The van der Waals surface area contributed by atoms with E-state index in [2.05, 4.69) is 5.10 Å². The molecule has 1 heterocycles. The van der Waals surface area contributed by atoms with E-state index in [9.17, 15) is 9.59 Å². The summed E-state index contributed by atoms with van der Waals surface area (Å²) in [7, 11) is 3.11. The molecule has 0 atom stereocenters. The Bertz CT molecular complexity index is 1070. The van der Waals surface area contributed by atoms with Crippen LogP contribution in [-0.4, -0.2) is 30.0 Å². The zero-order chi connectivity index (χ0) is 20.8. The molecule has 2 aromatic carbocycles. The van der Waals surface area contributed by atoms with Crippen LogP contribution in [-0.2, 0) is 17.9 Å². The molecule has 7 heteroatoms. The number of hydrogen-bond acceptors (Lipinski definition) is 6. The SMILES string of the molecule is CCCCn1nc(C(=O)OCc2cc(OC)ccc2OC)c2ccccc2c1=O. The minimum Gasteiger partial charge on any atom is -0.497 e. The quantitative estimate of drug-likeness (QED) is 0.542. The van der Waals surface area contributed by atoms with Crippen molar-refractivity contribution in [2.45, 2.75) is 32.9 Å². The van der Waals surface area contributed by atoms with Gasteiger partial charge in [-0.3, -0.25) is 4.79 Å². The molecule has 0 unspecified atom stereocenters. The summed E-state index contributed by atoms with van der Waals surface area (Å²) in [5.41, 5.74) is 0.585. The second kappa shape index (κ2) is 9.23. The molecule has 0 saturated heterocycles. The third kappa shape index (κ3) is 4.39. The molecule has 0 aliphatic rings. The van der Waals surface area contributed by atoms with Gasteiger partial charge in [-0.05, 0) is 30.7 Å². The van der Waals surface area contributed by atoms with Crippen molar-refractivity contribution in [2.24, 2.45) is 0 Å². The molecule has 7 nitrogen and oxygen atoms in total. The average molecular weight is 396 g/mol. The van der Waals surface area contributed by atoms with Gasteiger partial charge >= 0.3 is 5.97 Å². The first-order valence-electron chi connectivity index (χ1n) is 9.47. The number of methoxy groups -OCH3 is 2. The van der Waals surface area contributed by atoms with E-state index in [1.54, 1.807) is 56.7 Å². The molecule has 0 N–H and O–H groups in total. The number of esters is 1. The van der Waals surface area contributed by atoms with Crippen LogP contribution in [0.5, 0.6) is 11.5 Å². The molecule has 152 valence electrons. The number of benzene rings is 2. The molecule has 3 rings (SSSR count). The third-order valence-electron chi connectivity index (χ3n) is 4.63. The minimum atomic E-state index is -0.601. The van der Waals surface area contributed by atoms with E-state index < -0.39 is 5.97 Å². The summed E-state index contributed by atoms with van der Waals surface area (Å²) < 4.78 is 17.4. The zero-order valence-corrected chi connectivity index (χ0v) is 16.8. The lowest BCUT2D eigenvalue weighted by molar-refractivity contribution is 0.0462. The molecular weight excluding hydrogens is 372 g/mol. The number of aryl methyl sites for hydroxylation is 1. The standard InChI is InChI=1S/C22H24N2O5/c1-4-5-12-24-21(25)18-9-7-6-8-17(18)20(23-24)22(26)29-14-15-13-16(27-2)10-11-19(15)28-3/h6-11,13H,4-5,12,14H2,1-3H3. The molecule has 0 aliphatic heterocycles. The number of nitrogens with zero attached hydrogens (tertiary/aromatic N) is 2. The highest BCUT2D eigenvalue weighted by Crippen LogP contribution is 2.25. The first-order chi connectivity index (χ1) is 14.1. The highest BCUT2D eigenvalue weighted by molar-refractivity contribution is 6.02. The molecule has 0 radical (unpaired) electrons. The molecule has 29 heavy (non-hydrogen) atoms. The molecule has 0 amide bonds. The van der Waals surface area contributed by atoms with E-state index in [1.807, 2.05) is 6.92 Å². The van der Waals surface area contributed by atoms with Crippen LogP contribution in [0.3, 0.4) is 0 Å². The van der Waals surface area contributed by atoms with E-state index in [0.717, 1.165) is 12.8 Å². The lowest BCUT2D eigenvalue weighted by atomic mass is 10.1. The Labute approximate surface area is 168 Å². The average Bonchev–Trinajstić information content (AvgIpc) is 2.76. The van der Waals surface area contributed by atoms with Gasteiger partial charge in [0.1, 0.15) is 18.1 Å². The fourth-order valence-electron chi connectivity index (χ4n) is 3.05. The maximum absolute atomic E-state index is 12.9. The molecule has 0 fully saturated rings. The third-order valence-corrected chi connectivity index (χ3v) is 4.63. The van der Waals surface area contributed by atoms with Crippen LogP contribution in [0.2, 0.25) is 0 Å². The van der Waals surface area contributed by atoms with Gasteiger partial charge in [0.15, 0.2) is 5.69 Å². The number of aromatic nitrogens is 2. The number of carbonyl (C=O) groups is 1. The van der Waals surface area contributed by atoms with Crippen LogP contribution < -0.4 is 15.0 Å². The number of rotatable bonds is 8. The van der Waals surface area contributed by atoms with E-state index in [0.29, 0.717) is 34.4 Å². The topological polar surface area (TPSA) is 79.7 Å². The number of ether oxygens (including phenoxy) is 3. The fraction of sp³-hybridized carbons (Fsp3) is 0.318. The highest BCUT2D eigenvalue weighted by atomic mass is 16.5. The van der Waals surface area contributed by atoms with Crippen molar-refractivity contribution in [3.8, 4) is 11.5 Å². The molecule has 0 spiro atoms. The highest BCUT2D eigenvalue weighted by Gasteiger charge is 2.19. The summed E-state index contributed by atoms with van der Waals surface area (Å²) >= 11 is 0. The second-order valence-electron chi connectivity index (χ2n) is 6.53. The van der Waals surface area contributed by atoms with Crippen molar-refractivity contribution < 1.29 is 19.0 Å². The maximum Gasteiger partial charge on any atom is 0.359 e. The number of fused-ring (bicyclic) bond motifs is 1. The smallest absolute Gasteiger partial charge is 0.359 e. The Balaban J connectivity index is 1.93. The van der Waals surface area contributed by atoms with Gasteiger partial charge in [0.25, 0.3) is 5.56 Å². The predicted molar refractivity (Wildman–Crippen MR) is 110 cm³/mol. The monoisotopic (exact) mass is 396 g/mol. The molecule has 1 aromatic heterocycles. The molecule has 0 saturated carbocycles. The van der Waals surface area contributed by atoms with E-state index in [4.69, 9.17) is 14.2 Å². The van der Waals surface area contributed by atoms with Crippen LogP contribution in [0.25, 0.3) is 10.8 Å². The Morgan fingerprint density at radius 2 is 1.83 bits per heavy atom. The largest absolute Gasteiger partial charge is 0.497 e. The van der Waals surface area contributed by atoms with Gasteiger partial charge in [-0.1, -0.05) is 31.5 Å². The van der Waals surface area contributed by atoms with Crippen LogP contribution in [0.1, 0.15) is 35.8 Å². The van der Waals surface area contributed by atoms with Gasteiger partial charge in [0.2, 0.25) is 0 Å². The summed E-state index contributed by atoms with van der Waals surface area (Å²) in [6, 6.07) is 12.2. The van der Waals surface area contributed by atoms with E-state index in [-0.39, 0.29) is 17.9 Å². The molecular formula is C22H24N2O5.